The number of benzene rings is 1. The molecule has 0 radical (unpaired) electrons. The molecule has 2 N–H and O–H groups in total. The molecule has 7 nitrogen and oxygen atoms in total. The van der Waals surface area contributed by atoms with Crippen LogP contribution in [0.2, 0.25) is 0 Å². The molecule has 0 saturated heterocycles. The summed E-state index contributed by atoms with van der Waals surface area (Å²) >= 11 is 0. The molecule has 1 heterocycles. The normalized spacial score (nSPS) is 10.2. The van der Waals surface area contributed by atoms with Crippen LogP contribution in [-0.4, -0.2) is 16.0 Å². The minimum absolute atomic E-state index is 0.111. The number of anilines is 1. The van der Waals surface area contributed by atoms with Crippen molar-refractivity contribution >= 4 is 17.3 Å². The zero-order valence-electron chi connectivity index (χ0n) is 10.00. The minimum Gasteiger partial charge on any atom is -0.478 e. The van der Waals surface area contributed by atoms with Crippen LogP contribution in [0.15, 0.2) is 34.9 Å². The van der Waals surface area contributed by atoms with E-state index in [1.165, 1.54) is 6.26 Å². The molecule has 1 aromatic carbocycles. The smallest absolute Gasteiger partial charge is 0.338 e. The highest BCUT2D eigenvalue weighted by Gasteiger charge is 2.21. The standard InChI is InChI=1S/C12H9FN2O5/c13-9-5-10(14-6-7-2-1-3-20-7)11(15(18)19)4-8(9)12(16)17/h1-5,14H,6H2,(H,16,17). The highest BCUT2D eigenvalue weighted by atomic mass is 19.1. The Hall–Kier alpha value is -2.90. The van der Waals surface area contributed by atoms with Crippen molar-refractivity contribution in [2.24, 2.45) is 0 Å². The monoisotopic (exact) mass is 280 g/mol. The van der Waals surface area contributed by atoms with Crippen molar-refractivity contribution in [3.63, 3.8) is 0 Å². The Balaban J connectivity index is 2.33. The summed E-state index contributed by atoms with van der Waals surface area (Å²) in [6.07, 6.45) is 1.43. The van der Waals surface area contributed by atoms with Gasteiger partial charge in [0.15, 0.2) is 0 Å². The van der Waals surface area contributed by atoms with Crippen LogP contribution in [0.4, 0.5) is 15.8 Å². The first-order chi connectivity index (χ1) is 9.49. The zero-order valence-corrected chi connectivity index (χ0v) is 10.00. The summed E-state index contributed by atoms with van der Waals surface area (Å²) in [6.45, 7) is 0.111. The topological polar surface area (TPSA) is 106 Å². The molecule has 0 aliphatic heterocycles. The molecule has 8 heteroatoms. The Morgan fingerprint density at radius 1 is 1.50 bits per heavy atom. The molecule has 2 aromatic rings. The summed E-state index contributed by atoms with van der Waals surface area (Å²) in [6, 6.07) is 4.74. The predicted octanol–water partition coefficient (Wildman–Crippen LogP) is 2.64. The Morgan fingerprint density at radius 2 is 2.25 bits per heavy atom. The Labute approximate surface area is 111 Å². The van der Waals surface area contributed by atoms with Crippen LogP contribution in [0.3, 0.4) is 0 Å². The summed E-state index contributed by atoms with van der Waals surface area (Å²) in [5, 5.41) is 22.3. The molecule has 0 spiro atoms. The predicted molar refractivity (Wildman–Crippen MR) is 66.0 cm³/mol. The van der Waals surface area contributed by atoms with E-state index in [9.17, 15) is 19.3 Å². The number of carboxylic acid groups (broad SMARTS) is 1. The van der Waals surface area contributed by atoms with Gasteiger partial charge in [-0.3, -0.25) is 10.1 Å². The lowest BCUT2D eigenvalue weighted by molar-refractivity contribution is -0.384. The van der Waals surface area contributed by atoms with E-state index in [4.69, 9.17) is 9.52 Å². The van der Waals surface area contributed by atoms with Crippen molar-refractivity contribution in [3.05, 3.63) is 57.8 Å². The number of hydrogen-bond donors (Lipinski definition) is 2. The summed E-state index contributed by atoms with van der Waals surface area (Å²) in [5.41, 5.74) is -1.38. The highest BCUT2D eigenvalue weighted by Crippen LogP contribution is 2.28. The highest BCUT2D eigenvalue weighted by molar-refractivity contribution is 5.90. The molecule has 0 bridgehead atoms. The second-order valence-electron chi connectivity index (χ2n) is 3.84. The van der Waals surface area contributed by atoms with Gasteiger partial charge in [0.25, 0.3) is 5.69 Å². The molecule has 0 aliphatic carbocycles. The van der Waals surface area contributed by atoms with Gasteiger partial charge in [-0.05, 0) is 12.1 Å². The molecule has 0 saturated carbocycles. The quantitative estimate of drug-likeness (QED) is 0.644. The van der Waals surface area contributed by atoms with Crippen molar-refractivity contribution in [1.29, 1.82) is 0 Å². The number of nitrogens with zero attached hydrogens (tertiary/aromatic N) is 1. The average molecular weight is 280 g/mol. The molecule has 2 rings (SSSR count). The van der Waals surface area contributed by atoms with Gasteiger partial charge in [-0.25, -0.2) is 9.18 Å². The molecule has 0 aliphatic rings. The van der Waals surface area contributed by atoms with Gasteiger partial charge in [-0.2, -0.15) is 0 Å². The third kappa shape index (κ3) is 2.74. The number of rotatable bonds is 5. The van der Waals surface area contributed by atoms with E-state index in [-0.39, 0.29) is 12.2 Å². The average Bonchev–Trinajstić information content (AvgIpc) is 2.88. The van der Waals surface area contributed by atoms with E-state index in [1.807, 2.05) is 0 Å². The maximum atomic E-state index is 13.5. The largest absolute Gasteiger partial charge is 0.478 e. The molecule has 0 atom stereocenters. The summed E-state index contributed by atoms with van der Waals surface area (Å²) in [4.78, 5) is 20.9. The molecule has 0 fully saturated rings. The van der Waals surface area contributed by atoms with Crippen molar-refractivity contribution < 1.29 is 23.6 Å². The molecule has 0 unspecified atom stereocenters. The number of nitro groups is 1. The summed E-state index contributed by atoms with van der Waals surface area (Å²) in [7, 11) is 0. The molecular formula is C12H9FN2O5. The number of hydrogen-bond acceptors (Lipinski definition) is 5. The van der Waals surface area contributed by atoms with Crippen LogP contribution in [-0.2, 0) is 6.54 Å². The molecule has 104 valence electrons. The summed E-state index contributed by atoms with van der Waals surface area (Å²) in [5.74, 6) is -2.12. The molecule has 1 aromatic heterocycles. The van der Waals surface area contributed by atoms with Crippen LogP contribution in [0.25, 0.3) is 0 Å². The summed E-state index contributed by atoms with van der Waals surface area (Å²) < 4.78 is 18.6. The number of halogens is 1. The number of furan rings is 1. The first-order valence-electron chi connectivity index (χ1n) is 5.46. The number of carbonyl (C=O) groups is 1. The Kier molecular flexibility index (Phi) is 3.65. The fraction of sp³-hybridized carbons (Fsp3) is 0.0833. The van der Waals surface area contributed by atoms with Crippen LogP contribution in [0.5, 0.6) is 0 Å². The number of nitro benzene ring substituents is 1. The van der Waals surface area contributed by atoms with Gasteiger partial charge < -0.3 is 14.8 Å². The first-order valence-corrected chi connectivity index (χ1v) is 5.46. The second kappa shape index (κ2) is 5.39. The third-order valence-electron chi connectivity index (χ3n) is 2.55. The number of nitrogens with one attached hydrogen (secondary N) is 1. The third-order valence-corrected chi connectivity index (χ3v) is 2.55. The van der Waals surface area contributed by atoms with Crippen molar-refractivity contribution in [2.75, 3.05) is 5.32 Å². The molecule has 20 heavy (non-hydrogen) atoms. The second-order valence-corrected chi connectivity index (χ2v) is 3.84. The van der Waals surface area contributed by atoms with Crippen LogP contribution >= 0.6 is 0 Å². The lowest BCUT2D eigenvalue weighted by Gasteiger charge is -2.07. The Bertz CT molecular complexity index is 654. The maximum absolute atomic E-state index is 13.5. The fourth-order valence-electron chi connectivity index (χ4n) is 1.61. The van der Waals surface area contributed by atoms with Crippen LogP contribution in [0.1, 0.15) is 16.1 Å². The fourth-order valence-corrected chi connectivity index (χ4v) is 1.61. The van der Waals surface area contributed by atoms with Gasteiger partial charge in [-0.15, -0.1) is 0 Å². The van der Waals surface area contributed by atoms with Gasteiger partial charge in [0.05, 0.1) is 17.7 Å². The molecular weight excluding hydrogens is 271 g/mol. The van der Waals surface area contributed by atoms with E-state index >= 15 is 0 Å². The number of aromatic carboxylic acids is 1. The molecule has 0 amide bonds. The van der Waals surface area contributed by atoms with Crippen LogP contribution < -0.4 is 5.32 Å². The van der Waals surface area contributed by atoms with Gasteiger partial charge in [0.1, 0.15) is 22.8 Å². The lowest BCUT2D eigenvalue weighted by Crippen LogP contribution is -2.07. The van der Waals surface area contributed by atoms with E-state index in [0.29, 0.717) is 11.8 Å². The van der Waals surface area contributed by atoms with Crippen molar-refractivity contribution in [1.82, 2.24) is 0 Å². The van der Waals surface area contributed by atoms with E-state index in [1.54, 1.807) is 12.1 Å². The van der Waals surface area contributed by atoms with Crippen LogP contribution in [0, 0.1) is 15.9 Å². The maximum Gasteiger partial charge on any atom is 0.338 e. The SMILES string of the molecule is O=C(O)c1cc([N+](=O)[O-])c(NCc2ccco2)cc1F. The first kappa shape index (κ1) is 13.5. The van der Waals surface area contributed by atoms with Gasteiger partial charge in [-0.1, -0.05) is 0 Å². The van der Waals surface area contributed by atoms with Gasteiger partial charge in [0.2, 0.25) is 0 Å². The number of carboxylic acids is 1. The van der Waals surface area contributed by atoms with Crippen molar-refractivity contribution in [3.8, 4) is 0 Å². The van der Waals surface area contributed by atoms with E-state index in [2.05, 4.69) is 5.32 Å². The Morgan fingerprint density at radius 3 is 2.80 bits per heavy atom. The van der Waals surface area contributed by atoms with Crippen molar-refractivity contribution in [2.45, 2.75) is 6.54 Å². The van der Waals surface area contributed by atoms with E-state index in [0.717, 1.165) is 6.07 Å². The van der Waals surface area contributed by atoms with Gasteiger partial charge >= 0.3 is 5.97 Å². The lowest BCUT2D eigenvalue weighted by atomic mass is 10.1. The minimum atomic E-state index is -1.57. The zero-order chi connectivity index (χ0) is 14.7. The van der Waals surface area contributed by atoms with E-state index < -0.39 is 28.0 Å². The van der Waals surface area contributed by atoms with Gasteiger partial charge in [0, 0.05) is 12.1 Å².